The number of aliphatic hydroxyl groups is 1. The van der Waals surface area contributed by atoms with Gasteiger partial charge in [0.05, 0.1) is 18.8 Å². The molecule has 9 heteroatoms. The van der Waals surface area contributed by atoms with Crippen LogP contribution in [-0.4, -0.2) is 46.7 Å². The SMILES string of the molecule is C[C@H](c1ccc2ccccc2c1)N(C)C[C@@H]1C[C@H](c2ccc(CO)cc2)O[C@H](c2ccc(-c3ccccc3CNC(=O)CCCC(=O)NO)cc2)O1. The standard InChI is InChI=1S/C43H47N3O6/c1-29(35-23-18-31-8-3-4-9-36(31)24-35)46(2)27-38-25-40(33-16-14-30(28-47)15-17-33)52-43(51-38)34-21-19-32(20-22-34)39-11-6-5-10-37(39)26-44-41(48)12-7-13-42(49)45-50/h3-6,8-11,14-24,29,38,40,43,47,50H,7,12-13,25-28H2,1-2H3,(H,44,48)(H,45,49)/t29-,38+,40-,43-/m1/s1. The number of hydrogen-bond donors (Lipinski definition) is 4. The fourth-order valence-electron chi connectivity index (χ4n) is 6.76. The molecule has 270 valence electrons. The summed E-state index contributed by atoms with van der Waals surface area (Å²) in [6, 6.07) is 39.3. The Morgan fingerprint density at radius 2 is 1.52 bits per heavy atom. The van der Waals surface area contributed by atoms with E-state index in [1.807, 2.05) is 60.7 Å². The second kappa shape index (κ2) is 17.5. The minimum atomic E-state index is -0.581. The Morgan fingerprint density at radius 3 is 2.27 bits per heavy atom. The van der Waals surface area contributed by atoms with Crippen molar-refractivity contribution in [2.24, 2.45) is 0 Å². The van der Waals surface area contributed by atoms with Crippen molar-refractivity contribution in [2.45, 2.75) is 70.3 Å². The van der Waals surface area contributed by atoms with Gasteiger partial charge in [0, 0.05) is 44.0 Å². The number of fused-ring (bicyclic) bond motifs is 1. The van der Waals surface area contributed by atoms with Crippen molar-refractivity contribution >= 4 is 22.6 Å². The summed E-state index contributed by atoms with van der Waals surface area (Å²) >= 11 is 0. The Morgan fingerprint density at radius 1 is 0.827 bits per heavy atom. The molecule has 1 fully saturated rings. The summed E-state index contributed by atoms with van der Waals surface area (Å²) in [4.78, 5) is 26.0. The number of nitrogens with zero attached hydrogens (tertiary/aromatic N) is 1. The van der Waals surface area contributed by atoms with Crippen LogP contribution < -0.4 is 10.8 Å². The molecule has 0 aliphatic carbocycles. The van der Waals surface area contributed by atoms with E-state index in [9.17, 15) is 14.7 Å². The highest BCUT2D eigenvalue weighted by Gasteiger charge is 2.33. The van der Waals surface area contributed by atoms with Gasteiger partial charge in [0.15, 0.2) is 6.29 Å². The highest BCUT2D eigenvalue weighted by Crippen LogP contribution is 2.39. The Hall–Kier alpha value is -4.90. The molecule has 1 heterocycles. The zero-order valence-electron chi connectivity index (χ0n) is 29.7. The molecule has 4 atom stereocenters. The molecule has 52 heavy (non-hydrogen) atoms. The van der Waals surface area contributed by atoms with Crippen LogP contribution >= 0.6 is 0 Å². The molecular weight excluding hydrogens is 654 g/mol. The van der Waals surface area contributed by atoms with Crippen molar-refractivity contribution < 1.29 is 29.4 Å². The van der Waals surface area contributed by atoms with Gasteiger partial charge in [-0.3, -0.25) is 19.7 Å². The van der Waals surface area contributed by atoms with E-state index in [0.717, 1.165) is 33.4 Å². The van der Waals surface area contributed by atoms with Crippen LogP contribution in [0.4, 0.5) is 0 Å². The Bertz CT molecular complexity index is 1950. The lowest BCUT2D eigenvalue weighted by atomic mass is 9.97. The van der Waals surface area contributed by atoms with Crippen LogP contribution in [0.2, 0.25) is 0 Å². The molecular formula is C43H47N3O6. The first-order valence-electron chi connectivity index (χ1n) is 17.9. The molecule has 5 aromatic rings. The summed E-state index contributed by atoms with van der Waals surface area (Å²) in [5, 5.41) is 23.7. The zero-order chi connectivity index (χ0) is 36.5. The molecule has 0 saturated carbocycles. The summed E-state index contributed by atoms with van der Waals surface area (Å²) < 4.78 is 13.3. The van der Waals surface area contributed by atoms with E-state index in [1.165, 1.54) is 16.3 Å². The predicted octanol–water partition coefficient (Wildman–Crippen LogP) is 7.53. The first-order chi connectivity index (χ1) is 25.3. The van der Waals surface area contributed by atoms with Gasteiger partial charge in [-0.15, -0.1) is 0 Å². The number of hydroxylamine groups is 1. The van der Waals surface area contributed by atoms with Gasteiger partial charge in [0.2, 0.25) is 11.8 Å². The van der Waals surface area contributed by atoms with Crippen LogP contribution in [0.3, 0.4) is 0 Å². The van der Waals surface area contributed by atoms with Gasteiger partial charge in [-0.2, -0.15) is 0 Å². The number of carbonyl (C=O) groups is 2. The van der Waals surface area contributed by atoms with Crippen LogP contribution in [0.5, 0.6) is 0 Å². The van der Waals surface area contributed by atoms with E-state index in [0.29, 0.717) is 25.9 Å². The summed E-state index contributed by atoms with van der Waals surface area (Å²) in [5.41, 5.74) is 8.63. The van der Waals surface area contributed by atoms with Gasteiger partial charge in [0.1, 0.15) is 0 Å². The first-order valence-corrected chi connectivity index (χ1v) is 17.9. The molecule has 6 rings (SSSR count). The van der Waals surface area contributed by atoms with Crippen LogP contribution in [-0.2, 0) is 32.2 Å². The smallest absolute Gasteiger partial charge is 0.243 e. The molecule has 1 aliphatic rings. The minimum absolute atomic E-state index is 0.00895. The second-order valence-electron chi connectivity index (χ2n) is 13.5. The molecule has 0 bridgehead atoms. The lowest BCUT2D eigenvalue weighted by Crippen LogP contribution is -2.38. The number of amides is 2. The molecule has 5 aromatic carbocycles. The normalized spacial score (nSPS) is 17.9. The molecule has 1 aliphatic heterocycles. The number of rotatable bonds is 14. The van der Waals surface area contributed by atoms with Crippen molar-refractivity contribution in [1.82, 2.24) is 15.7 Å². The second-order valence-corrected chi connectivity index (χ2v) is 13.5. The maximum absolute atomic E-state index is 12.4. The molecule has 2 amide bonds. The Balaban J connectivity index is 1.16. The molecule has 0 aromatic heterocycles. The van der Waals surface area contributed by atoms with Crippen molar-refractivity contribution in [3.05, 3.63) is 143 Å². The number of aliphatic hydroxyl groups excluding tert-OH is 1. The minimum Gasteiger partial charge on any atom is -0.392 e. The lowest BCUT2D eigenvalue weighted by Gasteiger charge is -2.39. The summed E-state index contributed by atoms with van der Waals surface area (Å²) in [6.45, 7) is 3.28. The lowest BCUT2D eigenvalue weighted by molar-refractivity contribution is -0.253. The van der Waals surface area contributed by atoms with Crippen molar-refractivity contribution in [2.75, 3.05) is 13.6 Å². The predicted molar refractivity (Wildman–Crippen MR) is 201 cm³/mol. The quantitative estimate of drug-likeness (QED) is 0.0698. The highest BCUT2D eigenvalue weighted by atomic mass is 16.7. The van der Waals surface area contributed by atoms with E-state index < -0.39 is 12.2 Å². The first kappa shape index (κ1) is 36.9. The summed E-state index contributed by atoms with van der Waals surface area (Å²) in [6.07, 6.45) is 0.441. The number of benzene rings is 5. The van der Waals surface area contributed by atoms with E-state index in [4.69, 9.17) is 14.7 Å². The third-order valence-corrected chi connectivity index (χ3v) is 9.94. The van der Waals surface area contributed by atoms with Gasteiger partial charge in [-0.1, -0.05) is 109 Å². The number of carbonyl (C=O) groups excluding carboxylic acids is 2. The van der Waals surface area contributed by atoms with Crippen LogP contribution in [0.25, 0.3) is 21.9 Å². The average Bonchev–Trinajstić information content (AvgIpc) is 3.19. The van der Waals surface area contributed by atoms with Gasteiger partial charge >= 0.3 is 0 Å². The molecule has 1 saturated heterocycles. The number of hydrogen-bond acceptors (Lipinski definition) is 7. The fourth-order valence-corrected chi connectivity index (χ4v) is 6.76. The Labute approximate surface area is 305 Å². The summed E-state index contributed by atoms with van der Waals surface area (Å²) in [7, 11) is 2.14. The highest BCUT2D eigenvalue weighted by molar-refractivity contribution is 5.83. The molecule has 0 unspecified atom stereocenters. The van der Waals surface area contributed by atoms with Crippen molar-refractivity contribution in [3.8, 4) is 11.1 Å². The monoisotopic (exact) mass is 701 g/mol. The van der Waals surface area contributed by atoms with Gasteiger partial charge in [-0.05, 0) is 70.6 Å². The summed E-state index contributed by atoms with van der Waals surface area (Å²) in [5.74, 6) is -0.665. The number of nitrogens with one attached hydrogen (secondary N) is 2. The van der Waals surface area contributed by atoms with E-state index in [-0.39, 0.29) is 43.6 Å². The molecule has 0 spiro atoms. The third kappa shape index (κ3) is 9.30. The van der Waals surface area contributed by atoms with Crippen LogP contribution in [0.15, 0.2) is 115 Å². The van der Waals surface area contributed by atoms with Gasteiger partial charge in [-0.25, -0.2) is 5.48 Å². The maximum atomic E-state index is 12.4. The van der Waals surface area contributed by atoms with E-state index in [2.05, 4.69) is 78.8 Å². The largest absolute Gasteiger partial charge is 0.392 e. The number of likely N-dealkylation sites (N-methyl/N-ethyl adjacent to an activating group) is 1. The topological polar surface area (TPSA) is 120 Å². The fraction of sp³-hybridized carbons (Fsp3) is 0.302. The van der Waals surface area contributed by atoms with Gasteiger partial charge < -0.3 is 19.9 Å². The van der Waals surface area contributed by atoms with Gasteiger partial charge in [0.25, 0.3) is 0 Å². The molecule has 4 N–H and O–H groups in total. The third-order valence-electron chi connectivity index (χ3n) is 9.94. The number of ether oxygens (including phenoxy) is 2. The Kier molecular flexibility index (Phi) is 12.4. The van der Waals surface area contributed by atoms with E-state index >= 15 is 0 Å². The van der Waals surface area contributed by atoms with Crippen molar-refractivity contribution in [1.29, 1.82) is 0 Å². The van der Waals surface area contributed by atoms with Crippen molar-refractivity contribution in [3.63, 3.8) is 0 Å². The van der Waals surface area contributed by atoms with Crippen LogP contribution in [0, 0.1) is 0 Å². The molecule has 9 nitrogen and oxygen atoms in total. The molecule has 0 radical (unpaired) electrons. The average molecular weight is 702 g/mol. The zero-order valence-corrected chi connectivity index (χ0v) is 29.7. The maximum Gasteiger partial charge on any atom is 0.243 e. The van der Waals surface area contributed by atoms with E-state index in [1.54, 1.807) is 5.48 Å². The van der Waals surface area contributed by atoms with Crippen LogP contribution in [0.1, 0.15) is 78.9 Å².